The molecule has 0 aromatic carbocycles. The van der Waals surface area contributed by atoms with Crippen LogP contribution < -0.4 is 11.1 Å². The van der Waals surface area contributed by atoms with E-state index in [-0.39, 0.29) is 37.9 Å². The average molecular weight is 1590 g/mol. The molecule has 1 aliphatic carbocycles. The predicted molar refractivity (Wildman–Crippen MR) is 354 cm³/mol. The Morgan fingerprint density at radius 3 is 1.57 bits per heavy atom. The third kappa shape index (κ3) is 19.4. The zero-order valence-electron chi connectivity index (χ0n) is 47.1. The molecular weight excluding hydrogens is 1530 g/mol. The number of hydrogen-bond acceptors (Lipinski definition) is 17. The van der Waals surface area contributed by atoms with Gasteiger partial charge in [-0.1, -0.05) is 26.7 Å². The van der Waals surface area contributed by atoms with Crippen LogP contribution in [-0.2, 0) is 38.7 Å². The van der Waals surface area contributed by atoms with Crippen molar-refractivity contribution in [2.75, 3.05) is 19.8 Å². The number of fused-ring (bicyclic) bond motifs is 4. The highest BCUT2D eigenvalue weighted by Gasteiger charge is 2.27. The molecule has 0 spiro atoms. The Kier molecular flexibility index (Phi) is 30.1. The van der Waals surface area contributed by atoms with Crippen LogP contribution in [0.1, 0.15) is 131 Å². The van der Waals surface area contributed by atoms with Crippen molar-refractivity contribution in [2.45, 2.75) is 86.1 Å². The number of carbonyl (C=O) groups excluding carboxylic acids is 5. The first-order valence-corrected chi connectivity index (χ1v) is 31.6. The molecule has 28 heteroatoms. The molecule has 0 saturated heterocycles. The molecule has 0 aliphatic heterocycles. The van der Waals surface area contributed by atoms with Crippen molar-refractivity contribution in [1.82, 2.24) is 52.8 Å². The fourth-order valence-corrected chi connectivity index (χ4v) is 11.3. The van der Waals surface area contributed by atoms with Gasteiger partial charge in [0.1, 0.15) is 11.4 Å². The summed E-state index contributed by atoms with van der Waals surface area (Å²) >= 11 is 20.0. The molecule has 1 fully saturated rings. The molecule has 1 unspecified atom stereocenters. The number of halogens is 6. The van der Waals surface area contributed by atoms with Gasteiger partial charge in [0.05, 0.1) is 143 Å². The maximum atomic E-state index is 11.7. The molecule has 10 heterocycles. The van der Waals surface area contributed by atoms with Crippen molar-refractivity contribution < 1.29 is 48.4 Å². The van der Waals surface area contributed by atoms with Gasteiger partial charge in [-0.25, -0.2) is 44.3 Å². The van der Waals surface area contributed by atoms with Crippen LogP contribution in [0.5, 0.6) is 0 Å². The molecule has 1 atom stereocenters. The lowest BCUT2D eigenvalue weighted by molar-refractivity contribution is -0.109. The largest absolute Gasteiger partial charge is 0.461 e. The number of pyridine rings is 6. The number of ether oxygens (including phenoxy) is 3. The van der Waals surface area contributed by atoms with E-state index in [0.717, 1.165) is 66.0 Å². The molecule has 10 aromatic rings. The molecule has 1 aliphatic rings. The minimum Gasteiger partial charge on any atom is -0.461 e. The second-order valence-corrected chi connectivity index (χ2v) is 23.4. The first kappa shape index (κ1) is 72.1. The van der Waals surface area contributed by atoms with Gasteiger partial charge in [-0.05, 0) is 208 Å². The van der Waals surface area contributed by atoms with Crippen LogP contribution in [0.15, 0.2) is 150 Å². The van der Waals surface area contributed by atoms with Crippen molar-refractivity contribution in [1.29, 1.82) is 0 Å². The number of nitrogens with zero attached hydrogens (tertiary/aromatic N) is 10. The number of nitrogens with one attached hydrogen (secondary N) is 1. The second kappa shape index (κ2) is 36.8. The van der Waals surface area contributed by atoms with E-state index < -0.39 is 18.0 Å². The average Bonchev–Trinajstić information content (AvgIpc) is 3.87. The van der Waals surface area contributed by atoms with Crippen LogP contribution in [0.4, 0.5) is 0 Å². The van der Waals surface area contributed by atoms with Crippen LogP contribution in [0.2, 0.25) is 0 Å². The predicted octanol–water partition coefficient (Wildman–Crippen LogP) is 12.9. The van der Waals surface area contributed by atoms with Crippen molar-refractivity contribution in [3.63, 3.8) is 0 Å². The summed E-state index contributed by atoms with van der Waals surface area (Å²) in [4.78, 5) is 79.5. The SMILES string of the molecule is C.CCOC(=O)c1c(Br)ccc2cncn12.CCOC(=O)c1nc(CN)ccc1Br.CCOC(=O)c1nc(CNC=O)ccc1Br.O=Cc1c(Br)ccc2cncn12.OC(c1c(Br)ccc2cncn12)C1CCCCC1.OCc1c(Br)ccc2cncn12. The van der Waals surface area contributed by atoms with Crippen molar-refractivity contribution in [3.8, 4) is 0 Å². The van der Waals surface area contributed by atoms with E-state index in [4.69, 9.17) is 25.1 Å². The molecule has 1 amide bonds. The Balaban J connectivity index is 0.000000193. The van der Waals surface area contributed by atoms with Gasteiger partial charge in [0.15, 0.2) is 17.7 Å². The van der Waals surface area contributed by atoms with E-state index >= 15 is 0 Å². The Labute approximate surface area is 557 Å². The number of imidazole rings is 4. The molecule has 22 nitrogen and oxygen atoms in total. The number of rotatable bonds is 14. The maximum absolute atomic E-state index is 11.7. The number of nitrogens with two attached hydrogens (primary N) is 1. The number of amides is 1. The molecule has 5 N–H and O–H groups in total. The molecule has 88 heavy (non-hydrogen) atoms. The second-order valence-electron chi connectivity index (χ2n) is 18.3. The zero-order valence-corrected chi connectivity index (χ0v) is 56.6. The number of aliphatic hydroxyl groups is 2. The van der Waals surface area contributed by atoms with Crippen molar-refractivity contribution in [3.05, 3.63) is 195 Å². The van der Waals surface area contributed by atoms with Gasteiger partial charge in [-0.2, -0.15) is 0 Å². The Morgan fingerprint density at radius 1 is 0.591 bits per heavy atom. The summed E-state index contributed by atoms with van der Waals surface area (Å²) in [5, 5.41) is 22.2. The van der Waals surface area contributed by atoms with Gasteiger partial charge < -0.3 is 35.5 Å². The molecule has 0 bridgehead atoms. The van der Waals surface area contributed by atoms with Crippen LogP contribution in [0, 0.1) is 5.92 Å². The van der Waals surface area contributed by atoms with E-state index in [1.165, 1.54) is 19.3 Å². The lowest BCUT2D eigenvalue weighted by Gasteiger charge is -2.27. The zero-order chi connectivity index (χ0) is 63.0. The van der Waals surface area contributed by atoms with Gasteiger partial charge in [0, 0.05) is 24.4 Å². The van der Waals surface area contributed by atoms with E-state index in [0.29, 0.717) is 74.9 Å². The minimum atomic E-state index is -0.484. The third-order valence-electron chi connectivity index (χ3n) is 12.7. The smallest absolute Gasteiger partial charge is 0.358 e. The molecular formula is C60H64Br6N12O10. The third-order valence-corrected chi connectivity index (χ3v) is 16.7. The highest BCUT2D eigenvalue weighted by Crippen LogP contribution is 2.37. The first-order valence-electron chi connectivity index (χ1n) is 26.9. The number of aliphatic hydroxyl groups excluding tert-OH is 2. The van der Waals surface area contributed by atoms with E-state index in [2.05, 4.69) is 131 Å². The highest BCUT2D eigenvalue weighted by atomic mass is 79.9. The number of esters is 3. The standard InChI is InChI=1S/C14H17BrN2O.C10H11BrN2O3.C10H9BrN2O2.C9H11BrN2O2.C8H7BrN2O.C8H5BrN2O.CH4/c15-12-7-6-11-8-16-9-17(11)13(12)14(18)10-4-2-1-3-5-10;1-2-16-10(15)9-8(11)4-3-7(13-9)5-12-6-14;1-2-15-10(14)9-8(11)4-3-7-5-12-6-13(7)9;1-2-14-9(13)8-7(10)4-3-6(5-11)12-8;2*9-7-2-1-6-3-10-5-11(6)8(7)4-12;/h6-10,14,18H,1-5H2;3-4,6H,2,5H2,1H3,(H,12,14);3-6H,2H2,1H3;3-4H,2,5,11H2,1H3;1-3,5,12H,4H2;1-5H;1H4. The summed E-state index contributed by atoms with van der Waals surface area (Å²) in [6, 6.07) is 22.2. The van der Waals surface area contributed by atoms with Crippen LogP contribution >= 0.6 is 95.6 Å². The summed E-state index contributed by atoms with van der Waals surface area (Å²) in [6.45, 7) is 6.83. The van der Waals surface area contributed by atoms with Gasteiger partial charge in [0.25, 0.3) is 0 Å². The highest BCUT2D eigenvalue weighted by molar-refractivity contribution is 9.11. The van der Waals surface area contributed by atoms with Crippen LogP contribution in [0.3, 0.4) is 0 Å². The Hall–Kier alpha value is -6.63. The molecule has 10 aromatic heterocycles. The van der Waals surface area contributed by atoms with Crippen molar-refractivity contribution >= 4 is 148 Å². The van der Waals surface area contributed by atoms with E-state index in [9.17, 15) is 29.1 Å². The first-order chi connectivity index (χ1) is 42.0. The molecule has 1 saturated carbocycles. The molecule has 0 radical (unpaired) electrons. The number of carbonyl (C=O) groups is 5. The molecule has 11 rings (SSSR count). The Bertz CT molecular complexity index is 3930. The minimum absolute atomic E-state index is 0. The van der Waals surface area contributed by atoms with Gasteiger partial charge in [0.2, 0.25) is 6.41 Å². The summed E-state index contributed by atoms with van der Waals surface area (Å²) in [5.74, 6) is -0.895. The molecule has 466 valence electrons. The fourth-order valence-electron chi connectivity index (χ4n) is 8.60. The summed E-state index contributed by atoms with van der Waals surface area (Å²) in [5.41, 5.74) is 13.8. The normalized spacial score (nSPS) is 12.0. The van der Waals surface area contributed by atoms with Gasteiger partial charge in [-0.3, -0.25) is 27.2 Å². The van der Waals surface area contributed by atoms with Gasteiger partial charge >= 0.3 is 17.9 Å². The maximum Gasteiger partial charge on any atom is 0.358 e. The Morgan fingerprint density at radius 2 is 1.03 bits per heavy atom. The number of aromatic nitrogens is 10. The number of hydrogen-bond donors (Lipinski definition) is 4. The van der Waals surface area contributed by atoms with Crippen LogP contribution in [-0.4, -0.2) is 108 Å². The topological polar surface area (TPSA) is 287 Å². The van der Waals surface area contributed by atoms with Crippen LogP contribution in [0.25, 0.3) is 22.1 Å². The lowest BCUT2D eigenvalue weighted by atomic mass is 9.84. The van der Waals surface area contributed by atoms with Crippen molar-refractivity contribution in [2.24, 2.45) is 11.7 Å². The summed E-state index contributed by atoms with van der Waals surface area (Å²) < 4.78 is 26.5. The van der Waals surface area contributed by atoms with E-state index in [1.807, 2.05) is 63.5 Å². The van der Waals surface area contributed by atoms with Gasteiger partial charge in [-0.15, -0.1) is 0 Å². The quantitative estimate of drug-likeness (QED) is 0.0447. The number of aldehydes is 1. The fraction of sp³-hybridized carbons (Fsp3) is 0.283. The van der Waals surface area contributed by atoms with E-state index in [1.54, 1.807) is 97.7 Å². The summed E-state index contributed by atoms with van der Waals surface area (Å²) in [7, 11) is 0. The monoisotopic (exact) mass is 1590 g/mol. The lowest BCUT2D eigenvalue weighted by Crippen LogP contribution is -2.18. The summed E-state index contributed by atoms with van der Waals surface area (Å²) in [6.07, 6.45) is 20.6.